The van der Waals surface area contributed by atoms with Gasteiger partial charge in [-0.25, -0.2) is 14.8 Å². The lowest BCUT2D eigenvalue weighted by Crippen LogP contribution is -2.76. The predicted octanol–water partition coefficient (Wildman–Crippen LogP) is 1.11. The van der Waals surface area contributed by atoms with Crippen LogP contribution in [0.5, 0.6) is 0 Å². The number of urea groups is 1. The molecule has 2 atom stereocenters. The fraction of sp³-hybridized carbons (Fsp3) is 0.583. The Morgan fingerprint density at radius 2 is 1.86 bits per heavy atom. The predicted molar refractivity (Wildman–Crippen MR) is 127 cm³/mol. The van der Waals surface area contributed by atoms with Gasteiger partial charge >= 0.3 is 12.0 Å². The molecule has 3 rings (SSSR count). The maximum absolute atomic E-state index is 13.2. The first-order valence-electron chi connectivity index (χ1n) is 12.0. The summed E-state index contributed by atoms with van der Waals surface area (Å²) in [5.74, 6) is -1.98. The number of nitrogens with one attached hydrogen (secondary N) is 1. The zero-order chi connectivity index (χ0) is 25.4. The number of rotatable bonds is 11. The number of carboxylic acids is 1. The van der Waals surface area contributed by atoms with Gasteiger partial charge in [0, 0.05) is 33.4 Å². The Labute approximate surface area is 205 Å². The van der Waals surface area contributed by atoms with E-state index >= 15 is 0 Å². The summed E-state index contributed by atoms with van der Waals surface area (Å²) in [6.45, 7) is 3.81. The van der Waals surface area contributed by atoms with Gasteiger partial charge in [0.05, 0.1) is 19.5 Å². The van der Waals surface area contributed by atoms with Crippen molar-refractivity contribution in [2.24, 2.45) is 0 Å². The van der Waals surface area contributed by atoms with Crippen LogP contribution in [0.2, 0.25) is 0 Å². The number of hydrogen-bond acceptors (Lipinski definition) is 6. The fourth-order valence-corrected chi connectivity index (χ4v) is 4.43. The summed E-state index contributed by atoms with van der Waals surface area (Å²) < 4.78 is 5.59. The molecule has 4 amide bonds. The maximum Gasteiger partial charge on any atom is 0.334 e. The molecule has 2 heterocycles. The standard InChI is InChI=1S/C24H35N5O6/c1-3-4-12-35-13-8-11-27-16-20-28(19(23(27)33)14-22(31)32)21(30)17-26(2)29(20)24(34)25-15-18-9-6-5-7-10-18/h5-7,9-10,19-20H,3-4,8,11-17H2,1-2H3,(H,25,34)(H,31,32)/t19-,20?/m0/s1. The smallest absolute Gasteiger partial charge is 0.334 e. The van der Waals surface area contributed by atoms with Crippen molar-refractivity contribution in [2.75, 3.05) is 39.9 Å². The first-order valence-corrected chi connectivity index (χ1v) is 12.0. The monoisotopic (exact) mass is 489 g/mol. The molecule has 2 aliphatic heterocycles. The third-order valence-electron chi connectivity index (χ3n) is 6.16. The molecular weight excluding hydrogens is 454 g/mol. The van der Waals surface area contributed by atoms with Crippen molar-refractivity contribution >= 4 is 23.8 Å². The number of nitrogens with zero attached hydrogens (tertiary/aromatic N) is 4. The van der Waals surface area contributed by atoms with Crippen molar-refractivity contribution in [3.8, 4) is 0 Å². The van der Waals surface area contributed by atoms with Crippen molar-refractivity contribution in [2.45, 2.75) is 51.4 Å². The number of amides is 4. The highest BCUT2D eigenvalue weighted by atomic mass is 16.5. The van der Waals surface area contributed by atoms with E-state index in [0.717, 1.165) is 18.4 Å². The molecule has 11 heteroatoms. The average molecular weight is 490 g/mol. The van der Waals surface area contributed by atoms with Crippen molar-refractivity contribution in [1.29, 1.82) is 0 Å². The van der Waals surface area contributed by atoms with Gasteiger partial charge in [-0.2, -0.15) is 0 Å². The van der Waals surface area contributed by atoms with Gasteiger partial charge in [0.25, 0.3) is 0 Å². The Balaban J connectivity index is 1.76. The number of piperazine rings is 1. The first kappa shape index (κ1) is 26.4. The highest BCUT2D eigenvalue weighted by Gasteiger charge is 2.51. The highest BCUT2D eigenvalue weighted by molar-refractivity contribution is 5.93. The zero-order valence-corrected chi connectivity index (χ0v) is 20.4. The molecule has 11 nitrogen and oxygen atoms in total. The van der Waals surface area contributed by atoms with Crippen LogP contribution >= 0.6 is 0 Å². The summed E-state index contributed by atoms with van der Waals surface area (Å²) >= 11 is 0. The number of carbonyl (C=O) groups is 4. The van der Waals surface area contributed by atoms with E-state index in [2.05, 4.69) is 12.2 Å². The molecule has 0 aromatic heterocycles. The van der Waals surface area contributed by atoms with E-state index in [-0.39, 0.29) is 19.0 Å². The van der Waals surface area contributed by atoms with E-state index in [9.17, 15) is 24.3 Å². The van der Waals surface area contributed by atoms with Gasteiger partial charge < -0.3 is 25.0 Å². The third kappa shape index (κ3) is 6.70. The molecule has 0 bridgehead atoms. The molecule has 1 aromatic rings. The van der Waals surface area contributed by atoms with Crippen LogP contribution in [0.25, 0.3) is 0 Å². The summed E-state index contributed by atoms with van der Waals surface area (Å²) in [6.07, 6.45) is 1.24. The minimum atomic E-state index is -1.18. The van der Waals surface area contributed by atoms with Gasteiger partial charge in [-0.05, 0) is 18.4 Å². The van der Waals surface area contributed by atoms with Gasteiger partial charge in [-0.15, -0.1) is 0 Å². The molecule has 0 saturated carbocycles. The Bertz CT molecular complexity index is 898. The SMILES string of the molecule is CCCCOCCCN1CC2N(C(=O)CN(C)N2C(=O)NCc2ccccc2)[C@@H](CC(=O)O)C1=O. The number of hydrazine groups is 1. The summed E-state index contributed by atoms with van der Waals surface area (Å²) in [5.41, 5.74) is 0.917. The van der Waals surface area contributed by atoms with E-state index in [1.807, 2.05) is 30.3 Å². The number of carbonyl (C=O) groups excluding carboxylic acids is 3. The van der Waals surface area contributed by atoms with Crippen LogP contribution in [0.3, 0.4) is 0 Å². The van der Waals surface area contributed by atoms with Crippen molar-refractivity contribution in [3.05, 3.63) is 35.9 Å². The molecule has 1 aromatic carbocycles. The fourth-order valence-electron chi connectivity index (χ4n) is 4.43. The van der Waals surface area contributed by atoms with Crippen LogP contribution in [0, 0.1) is 0 Å². The Morgan fingerprint density at radius 1 is 1.14 bits per heavy atom. The van der Waals surface area contributed by atoms with Crippen molar-refractivity contribution in [1.82, 2.24) is 25.1 Å². The number of benzene rings is 1. The molecule has 0 aliphatic carbocycles. The van der Waals surface area contributed by atoms with Gasteiger partial charge in [0.1, 0.15) is 12.2 Å². The number of likely N-dealkylation sites (N-methyl/N-ethyl adjacent to an activating group) is 1. The number of aliphatic carboxylic acids is 1. The molecular formula is C24H35N5O6. The Hall–Kier alpha value is -3.18. The molecule has 2 fully saturated rings. The van der Waals surface area contributed by atoms with Crippen LogP contribution < -0.4 is 5.32 Å². The Kier molecular flexibility index (Phi) is 9.44. The Morgan fingerprint density at radius 3 is 2.54 bits per heavy atom. The van der Waals surface area contributed by atoms with Crippen LogP contribution in [-0.4, -0.2) is 101 Å². The average Bonchev–Trinajstić information content (AvgIpc) is 2.82. The van der Waals surface area contributed by atoms with Gasteiger partial charge in [-0.1, -0.05) is 43.7 Å². The van der Waals surface area contributed by atoms with Gasteiger partial charge in [0.2, 0.25) is 11.8 Å². The lowest BCUT2D eigenvalue weighted by atomic mass is 10.0. The molecule has 2 aliphatic rings. The quantitative estimate of drug-likeness (QED) is 0.447. The second-order valence-corrected chi connectivity index (χ2v) is 8.80. The minimum absolute atomic E-state index is 0.0960. The first-order chi connectivity index (χ1) is 16.8. The lowest BCUT2D eigenvalue weighted by molar-refractivity contribution is -0.188. The minimum Gasteiger partial charge on any atom is -0.481 e. The van der Waals surface area contributed by atoms with Gasteiger partial charge in [-0.3, -0.25) is 14.4 Å². The molecule has 1 unspecified atom stereocenters. The van der Waals surface area contributed by atoms with Crippen molar-refractivity contribution in [3.63, 3.8) is 0 Å². The van der Waals surface area contributed by atoms with Crippen LogP contribution in [-0.2, 0) is 25.7 Å². The number of carboxylic acid groups (broad SMARTS) is 1. The third-order valence-corrected chi connectivity index (χ3v) is 6.16. The molecule has 192 valence electrons. The molecule has 2 N–H and O–H groups in total. The molecule has 35 heavy (non-hydrogen) atoms. The van der Waals surface area contributed by atoms with E-state index in [1.54, 1.807) is 11.9 Å². The lowest BCUT2D eigenvalue weighted by Gasteiger charge is -2.54. The second kappa shape index (κ2) is 12.5. The topological polar surface area (TPSA) is 123 Å². The maximum atomic E-state index is 13.2. The number of unbranched alkanes of at least 4 members (excludes halogenated alkanes) is 1. The van der Waals surface area contributed by atoms with E-state index < -0.39 is 36.5 Å². The van der Waals surface area contributed by atoms with E-state index in [0.29, 0.717) is 32.7 Å². The van der Waals surface area contributed by atoms with E-state index in [1.165, 1.54) is 14.9 Å². The van der Waals surface area contributed by atoms with Crippen LogP contribution in [0.15, 0.2) is 30.3 Å². The number of ether oxygens (including phenoxy) is 1. The summed E-state index contributed by atoms with van der Waals surface area (Å²) in [4.78, 5) is 53.7. The largest absolute Gasteiger partial charge is 0.481 e. The van der Waals surface area contributed by atoms with Crippen molar-refractivity contribution < 1.29 is 29.0 Å². The number of fused-ring (bicyclic) bond motifs is 1. The summed E-state index contributed by atoms with van der Waals surface area (Å²) in [6, 6.07) is 7.83. The molecule has 0 radical (unpaired) electrons. The van der Waals surface area contributed by atoms with Crippen LogP contribution in [0.1, 0.15) is 38.2 Å². The van der Waals surface area contributed by atoms with Crippen LogP contribution in [0.4, 0.5) is 4.79 Å². The second-order valence-electron chi connectivity index (χ2n) is 8.80. The molecule has 0 spiro atoms. The zero-order valence-electron chi connectivity index (χ0n) is 20.4. The van der Waals surface area contributed by atoms with Gasteiger partial charge in [0.15, 0.2) is 0 Å². The highest BCUT2D eigenvalue weighted by Crippen LogP contribution is 2.27. The number of hydrogen-bond donors (Lipinski definition) is 2. The molecule has 2 saturated heterocycles. The summed E-state index contributed by atoms with van der Waals surface area (Å²) in [5, 5.41) is 15.2. The van der Waals surface area contributed by atoms with E-state index in [4.69, 9.17) is 4.74 Å². The summed E-state index contributed by atoms with van der Waals surface area (Å²) in [7, 11) is 1.63. The normalized spacial score (nSPS) is 20.7.